The first-order chi connectivity index (χ1) is 16.4. The Morgan fingerprint density at radius 3 is 2.44 bits per heavy atom. The number of likely N-dealkylation sites (tertiary alicyclic amines) is 1. The number of quaternary nitrogens is 1. The minimum Gasteiger partial charge on any atom is -0.872 e. The molecule has 1 heterocycles. The highest BCUT2D eigenvalue weighted by Crippen LogP contribution is 2.39. The second-order valence-corrected chi connectivity index (χ2v) is 8.08. The molecule has 1 amide bonds. The van der Waals surface area contributed by atoms with Crippen molar-refractivity contribution >= 4 is 17.4 Å². The number of methoxy groups -OCH3 is 1. The molecule has 2 aromatic carbocycles. The largest absolute Gasteiger partial charge is 0.872 e. The van der Waals surface area contributed by atoms with Gasteiger partial charge in [-0.05, 0) is 49.2 Å². The molecule has 3 rings (SSSR count). The number of nitrogens with one attached hydrogen (secondary N) is 1. The summed E-state index contributed by atoms with van der Waals surface area (Å²) in [6, 6.07) is 12.9. The van der Waals surface area contributed by atoms with E-state index in [0.717, 1.165) is 13.1 Å². The number of likely N-dealkylation sites (N-methyl/N-ethyl adjacent to an activating group) is 1. The van der Waals surface area contributed by atoms with Crippen molar-refractivity contribution in [3.8, 4) is 11.5 Å². The first-order valence-electron chi connectivity index (χ1n) is 11.5. The summed E-state index contributed by atoms with van der Waals surface area (Å²) >= 11 is 0. The quantitative estimate of drug-likeness (QED) is 0.235. The van der Waals surface area contributed by atoms with Gasteiger partial charge in [-0.25, -0.2) is 0 Å². The Hall–Kier alpha value is -3.58. The monoisotopic (exact) mass is 464 g/mol. The summed E-state index contributed by atoms with van der Waals surface area (Å²) in [6.45, 7) is 11.0. The van der Waals surface area contributed by atoms with Crippen molar-refractivity contribution in [2.24, 2.45) is 0 Å². The molecule has 180 valence electrons. The van der Waals surface area contributed by atoms with Gasteiger partial charge in [-0.15, -0.1) is 0 Å². The molecule has 1 N–H and O–H groups in total. The number of amides is 1. The van der Waals surface area contributed by atoms with Gasteiger partial charge in [0, 0.05) is 5.57 Å². The van der Waals surface area contributed by atoms with Crippen LogP contribution in [0.5, 0.6) is 11.5 Å². The molecule has 0 aromatic heterocycles. The minimum atomic E-state index is -0.781. The normalized spacial score (nSPS) is 17.3. The lowest BCUT2D eigenvalue weighted by Gasteiger charge is -2.28. The fourth-order valence-electron chi connectivity index (χ4n) is 4.16. The third-order valence-corrected chi connectivity index (χ3v) is 6.13. The van der Waals surface area contributed by atoms with Crippen LogP contribution in [0, 0.1) is 0 Å². The molecule has 7 heteroatoms. The third kappa shape index (κ3) is 5.31. The van der Waals surface area contributed by atoms with E-state index in [1.165, 1.54) is 16.9 Å². The standard InChI is InChI=1S/C27H32N2O5/c1-5-17-34-22-10-8-9-20(18-22)24-23(25(30)19-11-13-21(33-4)14-12-19)26(31)27(32)29(24)16-15-28(6-2)7-3/h5,8-14,18,24,30H,1,6-7,15-17H2,2-4H3. The first-order valence-corrected chi connectivity index (χ1v) is 11.5. The van der Waals surface area contributed by atoms with Gasteiger partial charge in [0.1, 0.15) is 18.1 Å². The van der Waals surface area contributed by atoms with Crippen LogP contribution in [0.15, 0.2) is 66.8 Å². The van der Waals surface area contributed by atoms with Gasteiger partial charge in [-0.3, -0.25) is 9.59 Å². The van der Waals surface area contributed by atoms with E-state index in [0.29, 0.717) is 42.3 Å². The predicted molar refractivity (Wildman–Crippen MR) is 128 cm³/mol. The van der Waals surface area contributed by atoms with Gasteiger partial charge in [0.15, 0.2) is 0 Å². The van der Waals surface area contributed by atoms with Crippen LogP contribution in [0.3, 0.4) is 0 Å². The molecule has 0 saturated carbocycles. The van der Waals surface area contributed by atoms with Gasteiger partial charge in [0.25, 0.3) is 5.91 Å². The van der Waals surface area contributed by atoms with Crippen LogP contribution in [0.25, 0.3) is 5.76 Å². The maximum atomic E-state index is 13.5. The average molecular weight is 465 g/mol. The molecule has 0 aliphatic carbocycles. The summed E-state index contributed by atoms with van der Waals surface area (Å²) < 4.78 is 10.8. The molecule has 1 unspecified atom stereocenters. The molecule has 1 atom stereocenters. The molecule has 34 heavy (non-hydrogen) atoms. The van der Waals surface area contributed by atoms with Crippen LogP contribution in [0.4, 0.5) is 0 Å². The summed E-state index contributed by atoms with van der Waals surface area (Å²) in [5.41, 5.74) is 0.954. The number of nitrogens with zero attached hydrogens (tertiary/aromatic N) is 1. The maximum absolute atomic E-state index is 13.5. The molecule has 1 fully saturated rings. The van der Waals surface area contributed by atoms with Crippen molar-refractivity contribution in [2.45, 2.75) is 19.9 Å². The zero-order valence-corrected chi connectivity index (χ0v) is 20.0. The van der Waals surface area contributed by atoms with Gasteiger partial charge in [0.2, 0.25) is 5.78 Å². The van der Waals surface area contributed by atoms with E-state index in [-0.39, 0.29) is 5.57 Å². The van der Waals surface area contributed by atoms with Crippen LogP contribution in [0.2, 0.25) is 0 Å². The molecule has 7 nitrogen and oxygen atoms in total. The third-order valence-electron chi connectivity index (χ3n) is 6.13. The summed E-state index contributed by atoms with van der Waals surface area (Å²) in [6.07, 6.45) is 1.64. The topological polar surface area (TPSA) is 83.3 Å². The van der Waals surface area contributed by atoms with E-state index in [2.05, 4.69) is 20.4 Å². The summed E-state index contributed by atoms with van der Waals surface area (Å²) in [5, 5.41) is 13.5. The number of ketones is 1. The lowest BCUT2D eigenvalue weighted by atomic mass is 9.95. The van der Waals surface area contributed by atoms with Crippen molar-refractivity contribution in [1.29, 1.82) is 0 Å². The van der Waals surface area contributed by atoms with E-state index >= 15 is 0 Å². The van der Waals surface area contributed by atoms with Crippen molar-refractivity contribution < 1.29 is 29.1 Å². The molecule has 0 radical (unpaired) electrons. The number of carbonyl (C=O) groups is 2. The highest BCUT2D eigenvalue weighted by molar-refractivity contribution is 6.46. The average Bonchev–Trinajstić information content (AvgIpc) is 3.13. The Balaban J connectivity index is 2.09. The van der Waals surface area contributed by atoms with E-state index in [1.54, 1.807) is 48.5 Å². The Kier molecular flexibility index (Phi) is 8.49. The van der Waals surface area contributed by atoms with E-state index in [1.807, 2.05) is 6.07 Å². The fourth-order valence-corrected chi connectivity index (χ4v) is 4.16. The lowest BCUT2D eigenvalue weighted by Crippen LogP contribution is -3.12. The Labute approximate surface area is 200 Å². The van der Waals surface area contributed by atoms with Gasteiger partial charge in [-0.1, -0.05) is 42.7 Å². The fraction of sp³-hybridized carbons (Fsp3) is 0.333. The molecular formula is C27H32N2O5. The van der Waals surface area contributed by atoms with Gasteiger partial charge in [-0.2, -0.15) is 0 Å². The highest BCUT2D eigenvalue weighted by Gasteiger charge is 2.44. The van der Waals surface area contributed by atoms with Crippen molar-refractivity contribution in [3.63, 3.8) is 0 Å². The molecule has 1 saturated heterocycles. The van der Waals surface area contributed by atoms with Crippen LogP contribution in [0.1, 0.15) is 31.0 Å². The second kappa shape index (κ2) is 11.5. The zero-order valence-electron chi connectivity index (χ0n) is 20.0. The number of ether oxygens (including phenoxy) is 2. The van der Waals surface area contributed by atoms with Gasteiger partial charge < -0.3 is 24.4 Å². The van der Waals surface area contributed by atoms with Crippen molar-refractivity contribution in [2.75, 3.05) is 39.9 Å². The SMILES string of the molecule is C=CCOc1cccc(C2C(=C([O-])c3ccc(OC)cc3)C(=O)C(=O)N2CC[NH+](CC)CC)c1. The summed E-state index contributed by atoms with van der Waals surface area (Å²) in [4.78, 5) is 29.1. The second-order valence-electron chi connectivity index (χ2n) is 8.08. The van der Waals surface area contributed by atoms with Crippen LogP contribution in [-0.2, 0) is 9.59 Å². The minimum absolute atomic E-state index is 0.0365. The van der Waals surface area contributed by atoms with Gasteiger partial charge in [0.05, 0.1) is 39.3 Å². The number of hydrogen-bond acceptors (Lipinski definition) is 5. The lowest BCUT2D eigenvalue weighted by molar-refractivity contribution is -0.895. The van der Waals surface area contributed by atoms with E-state index in [4.69, 9.17) is 9.47 Å². The molecule has 0 spiro atoms. The summed E-state index contributed by atoms with van der Waals surface area (Å²) in [7, 11) is 1.54. The Morgan fingerprint density at radius 1 is 1.12 bits per heavy atom. The Bertz CT molecular complexity index is 1060. The van der Waals surface area contributed by atoms with Crippen molar-refractivity contribution in [3.05, 3.63) is 77.9 Å². The van der Waals surface area contributed by atoms with E-state index < -0.39 is 23.5 Å². The number of carbonyl (C=O) groups excluding carboxylic acids is 2. The Morgan fingerprint density at radius 2 is 1.82 bits per heavy atom. The highest BCUT2D eigenvalue weighted by atomic mass is 16.5. The number of benzene rings is 2. The maximum Gasteiger partial charge on any atom is 0.295 e. The van der Waals surface area contributed by atoms with Crippen LogP contribution in [-0.4, -0.2) is 56.5 Å². The number of hydrogen-bond donors (Lipinski definition) is 1. The molecule has 0 bridgehead atoms. The number of rotatable bonds is 11. The van der Waals surface area contributed by atoms with Crippen LogP contribution >= 0.6 is 0 Å². The predicted octanol–water partition coefficient (Wildman–Crippen LogP) is 1.41. The molecule has 1 aliphatic rings. The zero-order chi connectivity index (χ0) is 24.7. The molecule has 1 aliphatic heterocycles. The van der Waals surface area contributed by atoms with E-state index in [9.17, 15) is 14.7 Å². The van der Waals surface area contributed by atoms with Gasteiger partial charge >= 0.3 is 0 Å². The molecular weight excluding hydrogens is 432 g/mol. The van der Waals surface area contributed by atoms with Crippen LogP contribution < -0.4 is 19.5 Å². The van der Waals surface area contributed by atoms with Crippen molar-refractivity contribution in [1.82, 2.24) is 4.90 Å². The number of Topliss-reactive ketones (excluding diaryl/α,β-unsaturated/α-hetero) is 1. The first kappa shape index (κ1) is 25.1. The summed E-state index contributed by atoms with van der Waals surface area (Å²) in [5.74, 6) is -0.678. The smallest absolute Gasteiger partial charge is 0.295 e. The molecule has 2 aromatic rings.